The Morgan fingerprint density at radius 1 is 1.06 bits per heavy atom. The fourth-order valence-corrected chi connectivity index (χ4v) is 5.82. The van der Waals surface area contributed by atoms with Gasteiger partial charge in [-0.2, -0.15) is 0 Å². The van der Waals surface area contributed by atoms with Crippen molar-refractivity contribution in [3.63, 3.8) is 0 Å². The van der Waals surface area contributed by atoms with Gasteiger partial charge in [0.25, 0.3) is 5.91 Å². The molecular formula is C25H29Cl2N3O3S. The van der Waals surface area contributed by atoms with E-state index in [9.17, 15) is 13.2 Å². The fraction of sp³-hybridized carbons (Fsp3) is 0.360. The number of benzene rings is 2. The van der Waals surface area contributed by atoms with Crippen LogP contribution in [0.1, 0.15) is 60.9 Å². The molecule has 0 aliphatic rings. The number of carbonyl (C=O) groups excluding carboxylic acids is 1. The van der Waals surface area contributed by atoms with Crippen LogP contribution >= 0.6 is 23.2 Å². The molecule has 1 amide bonds. The highest BCUT2D eigenvalue weighted by molar-refractivity contribution is 7.90. The molecule has 2 aromatic carbocycles. The molecule has 1 heterocycles. The third kappa shape index (κ3) is 5.82. The Hall–Kier alpha value is -2.35. The van der Waals surface area contributed by atoms with Crippen LogP contribution in [-0.4, -0.2) is 34.8 Å². The number of carbonyl (C=O) groups is 1. The topological polar surface area (TPSA) is 72.3 Å². The summed E-state index contributed by atoms with van der Waals surface area (Å²) in [6.45, 7) is 9.72. The largest absolute Gasteiger partial charge is 0.330 e. The first-order chi connectivity index (χ1) is 15.9. The van der Waals surface area contributed by atoms with Crippen molar-refractivity contribution in [2.24, 2.45) is 0 Å². The van der Waals surface area contributed by atoms with E-state index < -0.39 is 9.84 Å². The SMILES string of the molecule is Cc1ccc(CS(=O)(=O)c2ncc(CN(C(=O)c3ccc(Cl)cc3Cl)C(C)C)n2C(C)C)cc1. The molecule has 0 unspecified atom stereocenters. The summed E-state index contributed by atoms with van der Waals surface area (Å²) in [6.07, 6.45) is 1.54. The van der Waals surface area contributed by atoms with Crippen molar-refractivity contribution in [1.29, 1.82) is 0 Å². The molecule has 6 nitrogen and oxygen atoms in total. The van der Waals surface area contributed by atoms with E-state index in [0.29, 0.717) is 21.8 Å². The highest BCUT2D eigenvalue weighted by Crippen LogP contribution is 2.26. The van der Waals surface area contributed by atoms with E-state index in [1.165, 1.54) is 12.3 Å². The van der Waals surface area contributed by atoms with Gasteiger partial charge >= 0.3 is 0 Å². The lowest BCUT2D eigenvalue weighted by atomic mass is 10.1. The molecule has 3 rings (SSSR count). The molecular weight excluding hydrogens is 493 g/mol. The number of nitrogens with zero attached hydrogens (tertiary/aromatic N) is 3. The van der Waals surface area contributed by atoms with Crippen molar-refractivity contribution in [3.05, 3.63) is 81.1 Å². The van der Waals surface area contributed by atoms with Crippen LogP contribution < -0.4 is 0 Å². The molecule has 0 spiro atoms. The van der Waals surface area contributed by atoms with E-state index in [4.69, 9.17) is 23.2 Å². The van der Waals surface area contributed by atoms with Gasteiger partial charge in [-0.05, 0) is 58.4 Å². The van der Waals surface area contributed by atoms with Gasteiger partial charge in [0.15, 0.2) is 0 Å². The molecule has 0 N–H and O–H groups in total. The lowest BCUT2D eigenvalue weighted by Gasteiger charge is -2.28. The van der Waals surface area contributed by atoms with Crippen LogP contribution in [0.4, 0.5) is 0 Å². The summed E-state index contributed by atoms with van der Waals surface area (Å²) in [5.74, 6) is -0.416. The number of aryl methyl sites for hydroxylation is 1. The van der Waals surface area contributed by atoms with E-state index in [1.807, 2.05) is 58.9 Å². The Labute approximate surface area is 211 Å². The average molecular weight is 522 g/mol. The van der Waals surface area contributed by atoms with Crippen LogP contribution in [0.15, 0.2) is 53.8 Å². The summed E-state index contributed by atoms with van der Waals surface area (Å²) in [5, 5.41) is 0.708. The molecule has 34 heavy (non-hydrogen) atoms. The highest BCUT2D eigenvalue weighted by atomic mass is 35.5. The molecule has 9 heteroatoms. The second-order valence-electron chi connectivity index (χ2n) is 8.89. The zero-order chi connectivity index (χ0) is 25.2. The fourth-order valence-electron chi connectivity index (χ4n) is 3.73. The average Bonchev–Trinajstić information content (AvgIpc) is 3.18. The highest BCUT2D eigenvalue weighted by Gasteiger charge is 2.28. The van der Waals surface area contributed by atoms with Crippen molar-refractivity contribution >= 4 is 38.9 Å². The Bertz CT molecular complexity index is 1280. The summed E-state index contributed by atoms with van der Waals surface area (Å²) >= 11 is 12.3. The second kappa shape index (κ2) is 10.5. The first kappa shape index (κ1) is 26.3. The maximum absolute atomic E-state index is 13.3. The Morgan fingerprint density at radius 3 is 2.26 bits per heavy atom. The molecule has 182 valence electrons. The first-order valence-corrected chi connectivity index (χ1v) is 13.4. The first-order valence-electron chi connectivity index (χ1n) is 11.0. The molecule has 0 bridgehead atoms. The Balaban J connectivity index is 1.96. The van der Waals surface area contributed by atoms with Crippen LogP contribution in [0, 0.1) is 6.92 Å². The van der Waals surface area contributed by atoms with Crippen molar-refractivity contribution < 1.29 is 13.2 Å². The number of sulfone groups is 1. The molecule has 0 atom stereocenters. The summed E-state index contributed by atoms with van der Waals surface area (Å²) in [5.41, 5.74) is 2.72. The minimum absolute atomic E-state index is 0.00115. The number of rotatable bonds is 8. The predicted molar refractivity (Wildman–Crippen MR) is 136 cm³/mol. The predicted octanol–water partition coefficient (Wildman–Crippen LogP) is 6.10. The zero-order valence-corrected chi connectivity index (χ0v) is 22.2. The smallest absolute Gasteiger partial charge is 0.255 e. The summed E-state index contributed by atoms with van der Waals surface area (Å²) in [6, 6.07) is 11.8. The van der Waals surface area contributed by atoms with Crippen LogP contribution in [0.2, 0.25) is 10.0 Å². The van der Waals surface area contributed by atoms with Gasteiger partial charge in [-0.25, -0.2) is 13.4 Å². The number of imidazole rings is 1. The molecule has 0 saturated heterocycles. The van der Waals surface area contributed by atoms with Crippen LogP contribution in [-0.2, 0) is 22.1 Å². The van der Waals surface area contributed by atoms with Crippen LogP contribution in [0.3, 0.4) is 0 Å². The summed E-state index contributed by atoms with van der Waals surface area (Å²) in [4.78, 5) is 19.3. The summed E-state index contributed by atoms with van der Waals surface area (Å²) in [7, 11) is -3.71. The number of hydrogen-bond acceptors (Lipinski definition) is 4. The van der Waals surface area contributed by atoms with Crippen molar-refractivity contribution in [3.8, 4) is 0 Å². The normalized spacial score (nSPS) is 11.9. The molecule has 0 saturated carbocycles. The number of halogens is 2. The van der Waals surface area contributed by atoms with E-state index >= 15 is 0 Å². The minimum atomic E-state index is -3.71. The monoisotopic (exact) mass is 521 g/mol. The molecule has 3 aromatic rings. The minimum Gasteiger partial charge on any atom is -0.330 e. The number of amides is 1. The number of aromatic nitrogens is 2. The third-order valence-corrected chi connectivity index (χ3v) is 7.61. The zero-order valence-electron chi connectivity index (χ0n) is 19.9. The van der Waals surface area contributed by atoms with Gasteiger partial charge < -0.3 is 9.47 Å². The Morgan fingerprint density at radius 2 is 1.71 bits per heavy atom. The lowest BCUT2D eigenvalue weighted by molar-refractivity contribution is 0.0684. The molecule has 1 aromatic heterocycles. The van der Waals surface area contributed by atoms with Crippen molar-refractivity contribution in [2.75, 3.05) is 0 Å². The van der Waals surface area contributed by atoms with Gasteiger partial charge in [0.1, 0.15) is 0 Å². The van der Waals surface area contributed by atoms with Gasteiger partial charge in [0.2, 0.25) is 15.0 Å². The van der Waals surface area contributed by atoms with E-state index in [-0.39, 0.29) is 40.5 Å². The standard InChI is InChI=1S/C25H29Cl2N3O3S/c1-16(2)29(24(31)22-11-10-20(26)12-23(22)27)14-21-13-28-25(30(21)17(3)4)34(32,33)15-19-8-6-18(5)7-9-19/h6-13,16-17H,14-15H2,1-5H3. The molecule has 0 aliphatic heterocycles. The summed E-state index contributed by atoms with van der Waals surface area (Å²) < 4.78 is 28.3. The van der Waals surface area contributed by atoms with Crippen molar-refractivity contribution in [1.82, 2.24) is 14.5 Å². The second-order valence-corrected chi connectivity index (χ2v) is 11.6. The van der Waals surface area contributed by atoms with Gasteiger partial charge in [-0.15, -0.1) is 0 Å². The van der Waals surface area contributed by atoms with E-state index in [1.54, 1.807) is 21.6 Å². The third-order valence-electron chi connectivity index (χ3n) is 5.49. The van der Waals surface area contributed by atoms with Crippen LogP contribution in [0.25, 0.3) is 0 Å². The molecule has 0 fully saturated rings. The number of hydrogen-bond donors (Lipinski definition) is 0. The van der Waals surface area contributed by atoms with Gasteiger partial charge in [0, 0.05) is 17.1 Å². The molecule has 0 aliphatic carbocycles. The van der Waals surface area contributed by atoms with Gasteiger partial charge in [-0.3, -0.25) is 4.79 Å². The van der Waals surface area contributed by atoms with E-state index in [0.717, 1.165) is 5.56 Å². The van der Waals surface area contributed by atoms with Crippen LogP contribution in [0.5, 0.6) is 0 Å². The molecule has 0 radical (unpaired) electrons. The maximum atomic E-state index is 13.3. The van der Waals surface area contributed by atoms with Crippen molar-refractivity contribution in [2.45, 2.75) is 64.2 Å². The maximum Gasteiger partial charge on any atom is 0.255 e. The lowest BCUT2D eigenvalue weighted by Crippen LogP contribution is -2.37. The quantitative estimate of drug-likeness (QED) is 0.358. The van der Waals surface area contributed by atoms with Gasteiger partial charge in [0.05, 0.1) is 34.8 Å². The van der Waals surface area contributed by atoms with Gasteiger partial charge in [-0.1, -0.05) is 53.0 Å². The van der Waals surface area contributed by atoms with E-state index in [2.05, 4.69) is 4.98 Å². The Kier molecular flexibility index (Phi) is 8.11.